The summed E-state index contributed by atoms with van der Waals surface area (Å²) in [4.78, 5) is 2.35. The molecule has 0 saturated heterocycles. The van der Waals surface area contributed by atoms with E-state index < -0.39 is 5.60 Å². The van der Waals surface area contributed by atoms with Gasteiger partial charge < -0.3 is 10.2 Å². The Hall–Kier alpha value is -2.12. The minimum Gasteiger partial charge on any atom is -0.396 e. The highest BCUT2D eigenvalue weighted by Gasteiger charge is 2.11. The summed E-state index contributed by atoms with van der Waals surface area (Å²) in [5.74, 6) is 6.06. The van der Waals surface area contributed by atoms with Crippen LogP contribution in [0.2, 0.25) is 0 Å². The SMILES string of the molecule is C[C@H](CO)CN(Cc1ccccc1)Cc1ccc(C#CC(C)(C)O)cc1. The first-order valence-electron chi connectivity index (χ1n) is 9.07. The molecule has 0 radical (unpaired) electrons. The van der Waals surface area contributed by atoms with Gasteiger partial charge in [0, 0.05) is 31.8 Å². The minimum absolute atomic E-state index is 0.191. The fourth-order valence-electron chi connectivity index (χ4n) is 2.70. The summed E-state index contributed by atoms with van der Waals surface area (Å²) in [6, 6.07) is 18.5. The Kier molecular flexibility index (Phi) is 7.41. The largest absolute Gasteiger partial charge is 0.396 e. The van der Waals surface area contributed by atoms with Crippen molar-refractivity contribution in [2.45, 2.75) is 39.5 Å². The molecule has 3 nitrogen and oxygen atoms in total. The Labute approximate surface area is 157 Å². The van der Waals surface area contributed by atoms with E-state index >= 15 is 0 Å². The van der Waals surface area contributed by atoms with Crippen molar-refractivity contribution in [3.05, 3.63) is 71.3 Å². The second kappa shape index (κ2) is 9.54. The molecule has 0 amide bonds. The summed E-state index contributed by atoms with van der Waals surface area (Å²) in [7, 11) is 0. The zero-order valence-electron chi connectivity index (χ0n) is 15.9. The van der Waals surface area contributed by atoms with Gasteiger partial charge in [0.25, 0.3) is 0 Å². The molecule has 3 heteroatoms. The van der Waals surface area contributed by atoms with E-state index in [1.165, 1.54) is 11.1 Å². The smallest absolute Gasteiger partial charge is 0.120 e. The van der Waals surface area contributed by atoms with Crippen LogP contribution in [0.1, 0.15) is 37.5 Å². The number of hydrogen-bond acceptors (Lipinski definition) is 3. The van der Waals surface area contributed by atoms with Gasteiger partial charge in [-0.1, -0.05) is 61.2 Å². The normalized spacial score (nSPS) is 12.5. The van der Waals surface area contributed by atoms with E-state index in [9.17, 15) is 10.2 Å². The van der Waals surface area contributed by atoms with Gasteiger partial charge in [0.15, 0.2) is 0 Å². The Balaban J connectivity index is 2.07. The molecule has 0 saturated carbocycles. The van der Waals surface area contributed by atoms with Crippen LogP contribution in [0.5, 0.6) is 0 Å². The van der Waals surface area contributed by atoms with Crippen molar-refractivity contribution in [1.82, 2.24) is 4.90 Å². The van der Waals surface area contributed by atoms with Crippen LogP contribution in [0.25, 0.3) is 0 Å². The number of hydrogen-bond donors (Lipinski definition) is 2. The Morgan fingerprint density at radius 1 is 0.962 bits per heavy atom. The first kappa shape index (κ1) is 20.2. The molecule has 0 aliphatic rings. The standard InChI is InChI=1S/C23H29NO2/c1-19(18-25)15-24(16-21-7-5-4-6-8-21)17-22-11-9-20(10-12-22)13-14-23(2,3)26/h4-12,19,25-26H,15-18H2,1-3H3/t19-/m0/s1. The average Bonchev–Trinajstić information content (AvgIpc) is 2.61. The zero-order valence-corrected chi connectivity index (χ0v) is 15.9. The fraction of sp³-hybridized carbons (Fsp3) is 0.391. The molecule has 2 N–H and O–H groups in total. The number of benzene rings is 2. The highest BCUT2D eigenvalue weighted by molar-refractivity contribution is 5.37. The van der Waals surface area contributed by atoms with E-state index in [2.05, 4.69) is 60.1 Å². The van der Waals surface area contributed by atoms with Crippen molar-refractivity contribution in [2.75, 3.05) is 13.2 Å². The Morgan fingerprint density at radius 2 is 1.54 bits per heavy atom. The molecule has 0 bridgehead atoms. The van der Waals surface area contributed by atoms with Crippen LogP contribution < -0.4 is 0 Å². The van der Waals surface area contributed by atoms with Crippen LogP contribution in [0, 0.1) is 17.8 Å². The number of aliphatic hydroxyl groups is 2. The molecule has 0 fully saturated rings. The number of rotatable bonds is 7. The van der Waals surface area contributed by atoms with Crippen molar-refractivity contribution in [2.24, 2.45) is 5.92 Å². The van der Waals surface area contributed by atoms with Crippen molar-refractivity contribution < 1.29 is 10.2 Å². The van der Waals surface area contributed by atoms with Gasteiger partial charge in [-0.3, -0.25) is 4.90 Å². The summed E-state index contributed by atoms with van der Waals surface area (Å²) in [6.07, 6.45) is 0. The van der Waals surface area contributed by atoms with Gasteiger partial charge >= 0.3 is 0 Å². The molecule has 0 unspecified atom stereocenters. The molecule has 0 aliphatic carbocycles. The van der Waals surface area contributed by atoms with E-state index in [4.69, 9.17) is 0 Å². The summed E-state index contributed by atoms with van der Waals surface area (Å²) in [5, 5.41) is 19.1. The second-order valence-corrected chi connectivity index (χ2v) is 7.45. The van der Waals surface area contributed by atoms with Crippen LogP contribution in [0.3, 0.4) is 0 Å². The molecule has 138 valence electrons. The monoisotopic (exact) mass is 351 g/mol. The van der Waals surface area contributed by atoms with Gasteiger partial charge in [0.2, 0.25) is 0 Å². The number of aliphatic hydroxyl groups excluding tert-OH is 1. The third-order valence-electron chi connectivity index (χ3n) is 4.00. The van der Waals surface area contributed by atoms with Crippen LogP contribution >= 0.6 is 0 Å². The predicted molar refractivity (Wildman–Crippen MR) is 106 cm³/mol. The second-order valence-electron chi connectivity index (χ2n) is 7.45. The van der Waals surface area contributed by atoms with Crippen molar-refractivity contribution in [3.63, 3.8) is 0 Å². The number of nitrogens with zero attached hydrogens (tertiary/aromatic N) is 1. The molecule has 2 aromatic carbocycles. The highest BCUT2D eigenvalue weighted by atomic mass is 16.3. The van der Waals surface area contributed by atoms with Crippen molar-refractivity contribution in [3.8, 4) is 11.8 Å². The first-order valence-corrected chi connectivity index (χ1v) is 9.07. The first-order chi connectivity index (χ1) is 12.4. The van der Waals surface area contributed by atoms with Gasteiger partial charge in [0.05, 0.1) is 0 Å². The maximum Gasteiger partial charge on any atom is 0.120 e. The summed E-state index contributed by atoms with van der Waals surface area (Å²) in [6.45, 7) is 8.12. The lowest BCUT2D eigenvalue weighted by Gasteiger charge is -2.25. The molecule has 2 rings (SSSR count). The molecule has 1 atom stereocenters. The Bertz CT molecular complexity index is 721. The summed E-state index contributed by atoms with van der Waals surface area (Å²) >= 11 is 0. The molecular formula is C23H29NO2. The molecule has 2 aromatic rings. The van der Waals surface area contributed by atoms with Gasteiger partial charge in [-0.2, -0.15) is 0 Å². The van der Waals surface area contributed by atoms with E-state index in [0.717, 1.165) is 25.2 Å². The molecule has 0 aromatic heterocycles. The van der Waals surface area contributed by atoms with Crippen LogP contribution in [-0.4, -0.2) is 33.9 Å². The maximum atomic E-state index is 9.70. The highest BCUT2D eigenvalue weighted by Crippen LogP contribution is 2.13. The quantitative estimate of drug-likeness (QED) is 0.751. The van der Waals surface area contributed by atoms with Crippen LogP contribution in [0.4, 0.5) is 0 Å². The third-order valence-corrected chi connectivity index (χ3v) is 4.00. The molecule has 26 heavy (non-hydrogen) atoms. The van der Waals surface area contributed by atoms with Gasteiger partial charge in [-0.05, 0) is 43.0 Å². The average molecular weight is 351 g/mol. The maximum absolute atomic E-state index is 9.70. The van der Waals surface area contributed by atoms with Crippen molar-refractivity contribution >= 4 is 0 Å². The molecule has 0 spiro atoms. The fourth-order valence-corrected chi connectivity index (χ4v) is 2.70. The topological polar surface area (TPSA) is 43.7 Å². The van der Waals surface area contributed by atoms with Crippen LogP contribution in [-0.2, 0) is 13.1 Å². The molecule has 0 aliphatic heterocycles. The van der Waals surface area contributed by atoms with Crippen LogP contribution in [0.15, 0.2) is 54.6 Å². The van der Waals surface area contributed by atoms with Gasteiger partial charge in [-0.25, -0.2) is 0 Å². The zero-order chi connectivity index (χ0) is 19.0. The van der Waals surface area contributed by atoms with Gasteiger partial charge in [0.1, 0.15) is 5.60 Å². The molecule has 0 heterocycles. The lowest BCUT2D eigenvalue weighted by molar-refractivity contribution is 0.143. The summed E-state index contributed by atoms with van der Waals surface area (Å²) in [5.41, 5.74) is 2.39. The summed E-state index contributed by atoms with van der Waals surface area (Å²) < 4.78 is 0. The predicted octanol–water partition coefficient (Wildman–Crippen LogP) is 3.44. The van der Waals surface area contributed by atoms with Gasteiger partial charge in [-0.15, -0.1) is 0 Å². The lowest BCUT2D eigenvalue weighted by Crippen LogP contribution is -2.29. The minimum atomic E-state index is -0.981. The molecular weight excluding hydrogens is 322 g/mol. The van der Waals surface area contributed by atoms with Crippen molar-refractivity contribution in [1.29, 1.82) is 0 Å². The van der Waals surface area contributed by atoms with E-state index in [1.54, 1.807) is 13.8 Å². The van der Waals surface area contributed by atoms with E-state index in [0.29, 0.717) is 0 Å². The van der Waals surface area contributed by atoms with E-state index in [-0.39, 0.29) is 12.5 Å². The third kappa shape index (κ3) is 7.41. The lowest BCUT2D eigenvalue weighted by atomic mass is 10.1. The van der Waals surface area contributed by atoms with E-state index in [1.807, 2.05) is 18.2 Å². The Morgan fingerprint density at radius 3 is 2.08 bits per heavy atom.